The third kappa shape index (κ3) is 5.99. The van der Waals surface area contributed by atoms with Crippen LogP contribution in [0.1, 0.15) is 61.1 Å². The number of aromatic amines is 1. The SMILES string of the molecule is CC(C)(C)OC(=O)N1CCC(c2cc(=O)[nH]c3c(C(=O)NCC(=O)Cc4ccccc4)cnn23)CC1. The van der Waals surface area contributed by atoms with Gasteiger partial charge in [0.05, 0.1) is 18.4 Å². The summed E-state index contributed by atoms with van der Waals surface area (Å²) in [4.78, 5) is 54.3. The van der Waals surface area contributed by atoms with Crippen LogP contribution in [0.2, 0.25) is 0 Å². The monoisotopic (exact) mass is 493 g/mol. The van der Waals surface area contributed by atoms with Crippen molar-refractivity contribution in [3.05, 3.63) is 69.8 Å². The zero-order valence-electron chi connectivity index (χ0n) is 20.7. The molecule has 3 heterocycles. The summed E-state index contributed by atoms with van der Waals surface area (Å²) in [5.74, 6) is -0.632. The Hall–Kier alpha value is -3.95. The molecule has 1 aliphatic heterocycles. The van der Waals surface area contributed by atoms with Gasteiger partial charge in [0.1, 0.15) is 16.8 Å². The maximum Gasteiger partial charge on any atom is 0.410 e. The summed E-state index contributed by atoms with van der Waals surface area (Å²) in [5, 5.41) is 6.98. The van der Waals surface area contributed by atoms with Crippen LogP contribution in [0.4, 0.5) is 4.79 Å². The number of likely N-dealkylation sites (tertiary alicyclic amines) is 1. The fourth-order valence-electron chi connectivity index (χ4n) is 4.31. The number of nitrogens with zero attached hydrogens (tertiary/aromatic N) is 3. The Bertz CT molecular complexity index is 1310. The zero-order chi connectivity index (χ0) is 25.9. The Kier molecular flexibility index (Phi) is 7.23. The van der Waals surface area contributed by atoms with E-state index in [1.165, 1.54) is 12.3 Å². The predicted molar refractivity (Wildman–Crippen MR) is 133 cm³/mol. The quantitative estimate of drug-likeness (QED) is 0.544. The van der Waals surface area contributed by atoms with Crippen molar-refractivity contribution in [2.75, 3.05) is 19.6 Å². The van der Waals surface area contributed by atoms with Crippen molar-refractivity contribution in [1.82, 2.24) is 24.8 Å². The molecule has 4 rings (SSSR count). The summed E-state index contributed by atoms with van der Waals surface area (Å²) in [6.07, 6.45) is 2.53. The van der Waals surface area contributed by atoms with Gasteiger partial charge < -0.3 is 19.9 Å². The first kappa shape index (κ1) is 25.2. The number of aromatic nitrogens is 3. The average molecular weight is 494 g/mol. The van der Waals surface area contributed by atoms with E-state index in [-0.39, 0.29) is 47.5 Å². The zero-order valence-corrected chi connectivity index (χ0v) is 20.7. The lowest BCUT2D eigenvalue weighted by molar-refractivity contribution is -0.117. The van der Waals surface area contributed by atoms with Crippen LogP contribution in [0.3, 0.4) is 0 Å². The molecule has 3 aromatic rings. The number of nitrogens with one attached hydrogen (secondary N) is 2. The summed E-state index contributed by atoms with van der Waals surface area (Å²) >= 11 is 0. The summed E-state index contributed by atoms with van der Waals surface area (Å²) in [5.41, 5.74) is 1.11. The number of piperidine rings is 1. The molecule has 0 aliphatic carbocycles. The van der Waals surface area contributed by atoms with Gasteiger partial charge in [0.15, 0.2) is 5.78 Å². The topological polar surface area (TPSA) is 126 Å². The Morgan fingerprint density at radius 2 is 1.83 bits per heavy atom. The average Bonchev–Trinajstić information content (AvgIpc) is 3.25. The van der Waals surface area contributed by atoms with Crippen molar-refractivity contribution < 1.29 is 19.1 Å². The highest BCUT2D eigenvalue weighted by molar-refractivity contribution is 6.01. The molecule has 10 nitrogen and oxygen atoms in total. The minimum Gasteiger partial charge on any atom is -0.444 e. The smallest absolute Gasteiger partial charge is 0.410 e. The Morgan fingerprint density at radius 3 is 2.50 bits per heavy atom. The van der Waals surface area contributed by atoms with Gasteiger partial charge in [0.2, 0.25) is 0 Å². The third-order valence-electron chi connectivity index (χ3n) is 6.03. The van der Waals surface area contributed by atoms with Crippen molar-refractivity contribution in [3.63, 3.8) is 0 Å². The molecule has 190 valence electrons. The molecule has 0 radical (unpaired) electrons. The number of benzene rings is 1. The van der Waals surface area contributed by atoms with E-state index in [0.717, 1.165) is 5.56 Å². The fraction of sp³-hybridized carbons (Fsp3) is 0.423. The number of hydrogen-bond acceptors (Lipinski definition) is 6. The van der Waals surface area contributed by atoms with E-state index in [1.807, 2.05) is 51.1 Å². The lowest BCUT2D eigenvalue weighted by Crippen LogP contribution is -2.41. The number of rotatable bonds is 6. The van der Waals surface area contributed by atoms with Gasteiger partial charge in [0.25, 0.3) is 11.5 Å². The second kappa shape index (κ2) is 10.3. The van der Waals surface area contributed by atoms with Gasteiger partial charge in [-0.1, -0.05) is 30.3 Å². The normalized spacial score (nSPS) is 14.6. The van der Waals surface area contributed by atoms with Crippen LogP contribution in [-0.2, 0) is 16.0 Å². The number of fused-ring (bicyclic) bond motifs is 1. The van der Waals surface area contributed by atoms with Crippen molar-refractivity contribution in [2.45, 2.75) is 51.6 Å². The fourth-order valence-corrected chi connectivity index (χ4v) is 4.31. The minimum atomic E-state index is -0.564. The number of Topliss-reactive ketones (excluding diaryl/α,β-unsaturated/α-hetero) is 1. The van der Waals surface area contributed by atoms with Gasteiger partial charge >= 0.3 is 6.09 Å². The van der Waals surface area contributed by atoms with Crippen LogP contribution < -0.4 is 10.9 Å². The van der Waals surface area contributed by atoms with E-state index in [0.29, 0.717) is 31.6 Å². The lowest BCUT2D eigenvalue weighted by atomic mass is 9.93. The Balaban J connectivity index is 1.43. The molecule has 2 amide bonds. The van der Waals surface area contributed by atoms with Gasteiger partial charge in [-0.2, -0.15) is 5.10 Å². The highest BCUT2D eigenvalue weighted by Gasteiger charge is 2.29. The first-order chi connectivity index (χ1) is 17.1. The standard InChI is InChI=1S/C26H31N5O5/c1-26(2,3)36-25(35)30-11-9-18(10-12-30)21-14-22(33)29-23-20(16-28-31(21)23)24(34)27-15-19(32)13-17-7-5-4-6-8-17/h4-8,14,16,18H,9-13,15H2,1-3H3,(H,27,34)(H,29,33). The number of amides is 2. The highest BCUT2D eigenvalue weighted by atomic mass is 16.6. The minimum absolute atomic E-state index is 0.0169. The van der Waals surface area contributed by atoms with Gasteiger partial charge in [-0.05, 0) is 39.2 Å². The van der Waals surface area contributed by atoms with Gasteiger partial charge in [0, 0.05) is 31.5 Å². The van der Waals surface area contributed by atoms with Gasteiger partial charge in [-0.15, -0.1) is 0 Å². The first-order valence-electron chi connectivity index (χ1n) is 12.0. The number of H-pyrrole nitrogens is 1. The molecule has 10 heteroatoms. The second-order valence-corrected chi connectivity index (χ2v) is 10.0. The molecule has 0 bridgehead atoms. The second-order valence-electron chi connectivity index (χ2n) is 10.0. The van der Waals surface area contributed by atoms with Crippen LogP contribution in [0.15, 0.2) is 47.4 Å². The van der Waals surface area contributed by atoms with Gasteiger partial charge in [-0.25, -0.2) is 9.31 Å². The van der Waals surface area contributed by atoms with Crippen molar-refractivity contribution in [3.8, 4) is 0 Å². The molecule has 0 atom stereocenters. The Labute approximate surface area is 208 Å². The van der Waals surface area contributed by atoms with E-state index in [1.54, 1.807) is 9.42 Å². The van der Waals surface area contributed by atoms with Crippen molar-refractivity contribution >= 4 is 23.4 Å². The largest absolute Gasteiger partial charge is 0.444 e. The maximum atomic E-state index is 12.8. The number of carbonyl (C=O) groups excluding carboxylic acids is 3. The van der Waals surface area contributed by atoms with Crippen LogP contribution in [-0.4, -0.2) is 62.5 Å². The molecule has 1 fully saturated rings. The maximum absolute atomic E-state index is 12.8. The molecule has 2 N–H and O–H groups in total. The first-order valence-corrected chi connectivity index (χ1v) is 12.0. The van der Waals surface area contributed by atoms with E-state index in [9.17, 15) is 19.2 Å². The predicted octanol–water partition coefficient (Wildman–Crippen LogP) is 2.68. The van der Waals surface area contributed by atoms with Gasteiger partial charge in [-0.3, -0.25) is 14.4 Å². The van der Waals surface area contributed by atoms with Crippen molar-refractivity contribution in [1.29, 1.82) is 0 Å². The van der Waals surface area contributed by atoms with E-state index < -0.39 is 11.5 Å². The van der Waals surface area contributed by atoms with Crippen LogP contribution in [0.5, 0.6) is 0 Å². The van der Waals surface area contributed by atoms with E-state index in [4.69, 9.17) is 4.74 Å². The molecule has 0 unspecified atom stereocenters. The third-order valence-corrected chi connectivity index (χ3v) is 6.03. The van der Waals surface area contributed by atoms with E-state index in [2.05, 4.69) is 15.4 Å². The summed E-state index contributed by atoms with van der Waals surface area (Å²) < 4.78 is 7.02. The van der Waals surface area contributed by atoms with Crippen LogP contribution in [0, 0.1) is 0 Å². The highest BCUT2D eigenvalue weighted by Crippen LogP contribution is 2.28. The molecule has 2 aromatic heterocycles. The number of ketones is 1. The Morgan fingerprint density at radius 1 is 1.14 bits per heavy atom. The van der Waals surface area contributed by atoms with Crippen LogP contribution >= 0.6 is 0 Å². The molecular formula is C26H31N5O5. The number of hydrogen-bond donors (Lipinski definition) is 2. The van der Waals surface area contributed by atoms with Crippen LogP contribution in [0.25, 0.3) is 5.65 Å². The number of ether oxygens (including phenoxy) is 1. The molecule has 1 saturated heterocycles. The molecule has 1 aliphatic rings. The summed E-state index contributed by atoms with van der Waals surface area (Å²) in [6, 6.07) is 10.8. The summed E-state index contributed by atoms with van der Waals surface area (Å²) in [6.45, 7) is 6.34. The van der Waals surface area contributed by atoms with Crippen molar-refractivity contribution in [2.24, 2.45) is 0 Å². The molecular weight excluding hydrogens is 462 g/mol. The van der Waals surface area contributed by atoms with E-state index >= 15 is 0 Å². The molecule has 1 aromatic carbocycles. The molecule has 36 heavy (non-hydrogen) atoms. The molecule has 0 spiro atoms. The molecule has 0 saturated carbocycles. The summed E-state index contributed by atoms with van der Waals surface area (Å²) in [7, 11) is 0. The lowest BCUT2D eigenvalue weighted by Gasteiger charge is -2.33. The number of carbonyl (C=O) groups is 3.